The molecule has 0 bridgehead atoms. The van der Waals surface area contributed by atoms with E-state index < -0.39 is 0 Å². The van der Waals surface area contributed by atoms with Crippen LogP contribution in [-0.2, 0) is 13.0 Å². The SMILES string of the molecule is CC(C)NCC1Cc2nc[nH]c2CN1. The molecule has 0 saturated heterocycles. The van der Waals surface area contributed by atoms with E-state index in [1.807, 2.05) is 0 Å². The second-order valence-electron chi connectivity index (χ2n) is 4.17. The van der Waals surface area contributed by atoms with Crippen LogP contribution in [0.5, 0.6) is 0 Å². The zero-order valence-electron chi connectivity index (χ0n) is 8.80. The van der Waals surface area contributed by atoms with E-state index in [9.17, 15) is 0 Å². The molecular formula is C10H18N4. The van der Waals surface area contributed by atoms with E-state index in [0.717, 1.165) is 19.5 Å². The molecule has 2 heterocycles. The topological polar surface area (TPSA) is 52.7 Å². The van der Waals surface area contributed by atoms with Crippen LogP contribution in [0.15, 0.2) is 6.33 Å². The summed E-state index contributed by atoms with van der Waals surface area (Å²) in [5, 5.41) is 6.92. The Kier molecular flexibility index (Phi) is 2.84. The minimum atomic E-state index is 0.521. The number of nitrogens with one attached hydrogen (secondary N) is 3. The van der Waals surface area contributed by atoms with E-state index in [-0.39, 0.29) is 0 Å². The molecule has 1 atom stereocenters. The molecule has 3 N–H and O–H groups in total. The summed E-state index contributed by atoms with van der Waals surface area (Å²) in [5.41, 5.74) is 2.46. The number of H-pyrrole nitrogens is 1. The maximum atomic E-state index is 4.31. The number of rotatable bonds is 3. The fourth-order valence-electron chi connectivity index (χ4n) is 1.75. The lowest BCUT2D eigenvalue weighted by atomic mass is 10.1. The summed E-state index contributed by atoms with van der Waals surface area (Å²) in [6.45, 7) is 6.27. The number of hydrogen-bond acceptors (Lipinski definition) is 3. The number of hydrogen-bond donors (Lipinski definition) is 3. The molecule has 0 aliphatic carbocycles. The Balaban J connectivity index is 1.88. The fraction of sp³-hybridized carbons (Fsp3) is 0.700. The van der Waals surface area contributed by atoms with Gasteiger partial charge in [0, 0.05) is 31.6 Å². The number of fused-ring (bicyclic) bond motifs is 1. The quantitative estimate of drug-likeness (QED) is 0.654. The van der Waals surface area contributed by atoms with Crippen LogP contribution in [0, 0.1) is 0 Å². The Morgan fingerprint density at radius 2 is 2.50 bits per heavy atom. The lowest BCUT2D eigenvalue weighted by Crippen LogP contribution is -2.44. The number of imidazole rings is 1. The van der Waals surface area contributed by atoms with Crippen molar-refractivity contribution in [3.63, 3.8) is 0 Å². The largest absolute Gasteiger partial charge is 0.347 e. The van der Waals surface area contributed by atoms with Crippen LogP contribution in [-0.4, -0.2) is 28.6 Å². The molecule has 0 spiro atoms. The van der Waals surface area contributed by atoms with Crippen molar-refractivity contribution in [2.45, 2.75) is 38.9 Å². The highest BCUT2D eigenvalue weighted by atomic mass is 15.0. The Morgan fingerprint density at radius 3 is 3.29 bits per heavy atom. The van der Waals surface area contributed by atoms with Crippen LogP contribution in [0.25, 0.3) is 0 Å². The minimum Gasteiger partial charge on any atom is -0.347 e. The highest BCUT2D eigenvalue weighted by Crippen LogP contribution is 2.11. The van der Waals surface area contributed by atoms with Crippen molar-refractivity contribution < 1.29 is 0 Å². The van der Waals surface area contributed by atoms with E-state index in [1.54, 1.807) is 6.33 Å². The smallest absolute Gasteiger partial charge is 0.0925 e. The normalized spacial score (nSPS) is 21.2. The van der Waals surface area contributed by atoms with Crippen molar-refractivity contribution in [2.24, 2.45) is 0 Å². The van der Waals surface area contributed by atoms with Gasteiger partial charge < -0.3 is 15.6 Å². The number of aromatic nitrogens is 2. The summed E-state index contributed by atoms with van der Waals surface area (Å²) in [6.07, 6.45) is 2.81. The van der Waals surface area contributed by atoms with Crippen molar-refractivity contribution in [3.05, 3.63) is 17.7 Å². The fourth-order valence-corrected chi connectivity index (χ4v) is 1.75. The van der Waals surface area contributed by atoms with Crippen LogP contribution in [0.2, 0.25) is 0 Å². The first-order valence-corrected chi connectivity index (χ1v) is 5.23. The molecule has 1 aromatic rings. The van der Waals surface area contributed by atoms with Crippen molar-refractivity contribution in [3.8, 4) is 0 Å². The van der Waals surface area contributed by atoms with Gasteiger partial charge in [-0.2, -0.15) is 0 Å². The van der Waals surface area contributed by atoms with Crippen LogP contribution in [0.3, 0.4) is 0 Å². The van der Waals surface area contributed by atoms with Gasteiger partial charge in [-0.3, -0.25) is 0 Å². The van der Waals surface area contributed by atoms with E-state index in [1.165, 1.54) is 11.4 Å². The molecule has 4 heteroatoms. The predicted molar refractivity (Wildman–Crippen MR) is 56.1 cm³/mol. The standard InChI is InChI=1S/C10H18N4/c1-7(2)11-4-8-3-9-10(5-12-8)14-6-13-9/h6-8,11-12H,3-5H2,1-2H3,(H,13,14). The monoisotopic (exact) mass is 194 g/mol. The third-order valence-corrected chi connectivity index (χ3v) is 2.59. The van der Waals surface area contributed by atoms with Crippen LogP contribution < -0.4 is 10.6 Å². The summed E-state index contributed by atoms with van der Waals surface area (Å²) < 4.78 is 0. The van der Waals surface area contributed by atoms with Gasteiger partial charge in [-0.25, -0.2) is 4.98 Å². The molecule has 0 saturated carbocycles. The van der Waals surface area contributed by atoms with Gasteiger partial charge in [0.1, 0.15) is 0 Å². The first-order chi connectivity index (χ1) is 6.75. The zero-order chi connectivity index (χ0) is 9.97. The second kappa shape index (κ2) is 4.11. The van der Waals surface area contributed by atoms with E-state index in [0.29, 0.717) is 12.1 Å². The van der Waals surface area contributed by atoms with E-state index in [2.05, 4.69) is 34.4 Å². The van der Waals surface area contributed by atoms with Gasteiger partial charge in [-0.15, -0.1) is 0 Å². The first kappa shape index (κ1) is 9.68. The number of aromatic amines is 1. The molecule has 0 fully saturated rings. The van der Waals surface area contributed by atoms with E-state index >= 15 is 0 Å². The molecule has 0 amide bonds. The van der Waals surface area contributed by atoms with Gasteiger partial charge in [0.2, 0.25) is 0 Å². The summed E-state index contributed by atoms with van der Waals surface area (Å²) in [5.74, 6) is 0. The maximum absolute atomic E-state index is 4.31. The third-order valence-electron chi connectivity index (χ3n) is 2.59. The van der Waals surface area contributed by atoms with Gasteiger partial charge in [0.25, 0.3) is 0 Å². The molecule has 2 rings (SSSR count). The summed E-state index contributed by atoms with van der Waals surface area (Å²) in [7, 11) is 0. The van der Waals surface area contributed by atoms with Gasteiger partial charge in [0.05, 0.1) is 17.7 Å². The van der Waals surface area contributed by atoms with Gasteiger partial charge in [0.15, 0.2) is 0 Å². The van der Waals surface area contributed by atoms with Gasteiger partial charge in [-0.05, 0) is 0 Å². The third kappa shape index (κ3) is 2.13. The maximum Gasteiger partial charge on any atom is 0.0925 e. The average Bonchev–Trinajstić information content (AvgIpc) is 2.61. The molecule has 14 heavy (non-hydrogen) atoms. The summed E-state index contributed by atoms with van der Waals surface area (Å²) in [4.78, 5) is 7.46. The summed E-state index contributed by atoms with van der Waals surface area (Å²) in [6, 6.07) is 1.07. The van der Waals surface area contributed by atoms with Crippen molar-refractivity contribution in [2.75, 3.05) is 6.54 Å². The Labute approximate surface area is 84.5 Å². The molecule has 78 valence electrons. The molecule has 1 aromatic heterocycles. The molecule has 1 unspecified atom stereocenters. The molecule has 4 nitrogen and oxygen atoms in total. The molecule has 1 aliphatic heterocycles. The van der Waals surface area contributed by atoms with Crippen LogP contribution in [0.1, 0.15) is 25.2 Å². The van der Waals surface area contributed by atoms with Gasteiger partial charge in [-0.1, -0.05) is 13.8 Å². The van der Waals surface area contributed by atoms with Gasteiger partial charge >= 0.3 is 0 Å². The average molecular weight is 194 g/mol. The lowest BCUT2D eigenvalue weighted by Gasteiger charge is -2.24. The van der Waals surface area contributed by atoms with Crippen molar-refractivity contribution in [1.29, 1.82) is 0 Å². The first-order valence-electron chi connectivity index (χ1n) is 5.23. The highest BCUT2D eigenvalue weighted by Gasteiger charge is 2.19. The Bertz CT molecular complexity index is 292. The van der Waals surface area contributed by atoms with Crippen molar-refractivity contribution >= 4 is 0 Å². The zero-order valence-corrected chi connectivity index (χ0v) is 8.80. The second-order valence-corrected chi connectivity index (χ2v) is 4.17. The molecular weight excluding hydrogens is 176 g/mol. The van der Waals surface area contributed by atoms with Crippen LogP contribution >= 0.6 is 0 Å². The van der Waals surface area contributed by atoms with Crippen molar-refractivity contribution in [1.82, 2.24) is 20.6 Å². The molecule has 0 radical (unpaired) electrons. The minimum absolute atomic E-state index is 0.521. The summed E-state index contributed by atoms with van der Waals surface area (Å²) >= 11 is 0. The van der Waals surface area contributed by atoms with Crippen LogP contribution in [0.4, 0.5) is 0 Å². The molecule has 0 aromatic carbocycles. The predicted octanol–water partition coefficient (Wildman–Crippen LogP) is 0.422. The van der Waals surface area contributed by atoms with E-state index in [4.69, 9.17) is 0 Å². The lowest BCUT2D eigenvalue weighted by molar-refractivity contribution is 0.424. The Morgan fingerprint density at radius 1 is 1.64 bits per heavy atom. The Hall–Kier alpha value is -0.870. The highest BCUT2D eigenvalue weighted by molar-refractivity contribution is 5.15. The molecule has 1 aliphatic rings. The number of nitrogens with zero attached hydrogens (tertiary/aromatic N) is 1.